The Hall–Kier alpha value is -2.37. The summed E-state index contributed by atoms with van der Waals surface area (Å²) in [4.78, 5) is 36.8. The molecule has 5 nitrogen and oxygen atoms in total. The quantitative estimate of drug-likeness (QED) is 0.400. The largest absolute Gasteiger partial charge is 0.481 e. The Balaban J connectivity index is 1.56. The highest BCUT2D eigenvalue weighted by Gasteiger charge is 2.72. The van der Waals surface area contributed by atoms with Crippen LogP contribution in [0.3, 0.4) is 0 Å². The lowest BCUT2D eigenvalue weighted by molar-refractivity contribution is -0.140. The van der Waals surface area contributed by atoms with E-state index in [0.717, 1.165) is 22.3 Å². The number of hydrogen-bond acceptors (Lipinski definition) is 3. The summed E-state index contributed by atoms with van der Waals surface area (Å²) >= 11 is 14.7. The van der Waals surface area contributed by atoms with E-state index in [4.69, 9.17) is 28.3 Å². The van der Waals surface area contributed by atoms with Gasteiger partial charge in [0.2, 0.25) is 11.8 Å². The molecular formula is C24H21Cl2NO4. The Labute approximate surface area is 189 Å². The average Bonchev–Trinajstić information content (AvgIpc) is 3.03. The highest BCUT2D eigenvalue weighted by molar-refractivity contribution is 6.35. The molecule has 0 unspecified atom stereocenters. The number of imide groups is 1. The highest BCUT2D eigenvalue weighted by Crippen LogP contribution is 2.69. The molecule has 3 aliphatic carbocycles. The van der Waals surface area contributed by atoms with Crippen LogP contribution in [0.2, 0.25) is 0 Å². The number of benzene rings is 2. The van der Waals surface area contributed by atoms with Gasteiger partial charge in [-0.3, -0.25) is 19.3 Å². The van der Waals surface area contributed by atoms with Crippen LogP contribution in [0.4, 0.5) is 0 Å². The second-order valence-electron chi connectivity index (χ2n) is 8.50. The molecule has 0 spiro atoms. The summed E-state index contributed by atoms with van der Waals surface area (Å²) < 4.78 is 0. The van der Waals surface area contributed by atoms with Gasteiger partial charge in [0.25, 0.3) is 0 Å². The molecule has 4 aliphatic rings. The molecule has 6 rings (SSSR count). The third-order valence-corrected chi connectivity index (χ3v) is 8.23. The highest BCUT2D eigenvalue weighted by atomic mass is 35.5. The lowest BCUT2D eigenvalue weighted by Gasteiger charge is -2.54. The summed E-state index contributed by atoms with van der Waals surface area (Å²) in [5.41, 5.74) is 3.15. The number of alkyl halides is 2. The minimum atomic E-state index is -1.15. The molecule has 2 amide bonds. The number of nitrogens with zero attached hydrogens (tertiary/aromatic N) is 1. The minimum absolute atomic E-state index is 0.0767. The molecule has 2 atom stereocenters. The number of unbranched alkanes of at least 4 members (excludes halogenated alkanes) is 2. The van der Waals surface area contributed by atoms with E-state index in [2.05, 4.69) is 0 Å². The summed E-state index contributed by atoms with van der Waals surface area (Å²) in [6.07, 6.45) is 1.76. The molecule has 0 aromatic heterocycles. The Morgan fingerprint density at radius 1 is 0.806 bits per heavy atom. The van der Waals surface area contributed by atoms with Crippen LogP contribution in [-0.2, 0) is 24.1 Å². The monoisotopic (exact) mass is 457 g/mol. The van der Waals surface area contributed by atoms with E-state index < -0.39 is 27.6 Å². The van der Waals surface area contributed by atoms with E-state index in [1.807, 2.05) is 48.5 Å². The number of carbonyl (C=O) groups is 3. The fourth-order valence-corrected chi connectivity index (χ4v) is 6.77. The fraction of sp³-hybridized carbons (Fsp3) is 0.375. The van der Waals surface area contributed by atoms with Gasteiger partial charge in [0.1, 0.15) is 9.75 Å². The van der Waals surface area contributed by atoms with Crippen molar-refractivity contribution in [3.63, 3.8) is 0 Å². The first-order chi connectivity index (χ1) is 14.8. The average molecular weight is 458 g/mol. The topological polar surface area (TPSA) is 74.7 Å². The minimum Gasteiger partial charge on any atom is -0.481 e. The van der Waals surface area contributed by atoms with Gasteiger partial charge in [-0.2, -0.15) is 0 Å². The number of rotatable bonds is 6. The summed E-state index contributed by atoms with van der Waals surface area (Å²) in [6, 6.07) is 15.1. The first-order valence-electron chi connectivity index (χ1n) is 10.5. The number of aliphatic carboxylic acids is 1. The molecule has 0 radical (unpaired) electrons. The van der Waals surface area contributed by atoms with E-state index >= 15 is 0 Å². The number of likely N-dealkylation sites (tertiary alicyclic amines) is 1. The van der Waals surface area contributed by atoms with Crippen LogP contribution in [0, 0.1) is 11.8 Å². The van der Waals surface area contributed by atoms with Crippen molar-refractivity contribution in [2.24, 2.45) is 11.8 Å². The number of carboxylic acid groups (broad SMARTS) is 1. The molecule has 0 saturated carbocycles. The van der Waals surface area contributed by atoms with E-state index in [9.17, 15) is 14.4 Å². The Morgan fingerprint density at radius 3 is 1.61 bits per heavy atom. The predicted molar refractivity (Wildman–Crippen MR) is 116 cm³/mol. The van der Waals surface area contributed by atoms with Crippen molar-refractivity contribution < 1.29 is 19.5 Å². The fourth-order valence-electron chi connectivity index (χ4n) is 5.67. The van der Waals surface area contributed by atoms with Crippen LogP contribution in [0.15, 0.2) is 48.5 Å². The summed E-state index contributed by atoms with van der Waals surface area (Å²) in [5, 5.41) is 8.79. The van der Waals surface area contributed by atoms with Gasteiger partial charge in [0.05, 0.1) is 11.8 Å². The van der Waals surface area contributed by atoms with E-state index in [-0.39, 0.29) is 24.8 Å². The molecule has 1 N–H and O–H groups in total. The van der Waals surface area contributed by atoms with Gasteiger partial charge >= 0.3 is 5.97 Å². The van der Waals surface area contributed by atoms with Gasteiger partial charge in [0.15, 0.2) is 0 Å². The zero-order valence-electron chi connectivity index (χ0n) is 16.7. The van der Waals surface area contributed by atoms with Crippen molar-refractivity contribution in [2.75, 3.05) is 6.54 Å². The molecule has 160 valence electrons. The van der Waals surface area contributed by atoms with E-state index in [1.165, 1.54) is 4.90 Å². The van der Waals surface area contributed by atoms with Crippen LogP contribution in [0.5, 0.6) is 0 Å². The van der Waals surface area contributed by atoms with E-state index in [1.54, 1.807) is 0 Å². The second-order valence-corrected chi connectivity index (χ2v) is 9.69. The van der Waals surface area contributed by atoms with Crippen molar-refractivity contribution in [3.8, 4) is 0 Å². The zero-order chi connectivity index (χ0) is 22.0. The lowest BCUT2D eigenvalue weighted by atomic mass is 9.54. The van der Waals surface area contributed by atoms with Crippen LogP contribution >= 0.6 is 23.2 Å². The van der Waals surface area contributed by atoms with Crippen LogP contribution in [-0.4, -0.2) is 34.3 Å². The maximum absolute atomic E-state index is 13.5. The lowest BCUT2D eigenvalue weighted by Crippen LogP contribution is -2.57. The number of halogens is 2. The molecule has 2 aromatic rings. The third kappa shape index (κ3) is 2.60. The molecular weight excluding hydrogens is 437 g/mol. The first-order valence-corrected chi connectivity index (χ1v) is 11.2. The molecule has 1 saturated heterocycles. The smallest absolute Gasteiger partial charge is 0.303 e. The molecule has 2 aromatic carbocycles. The summed E-state index contributed by atoms with van der Waals surface area (Å²) in [7, 11) is 0. The molecule has 2 bridgehead atoms. The van der Waals surface area contributed by atoms with Crippen molar-refractivity contribution in [3.05, 3.63) is 70.8 Å². The number of carbonyl (C=O) groups excluding carboxylic acids is 2. The standard InChI is InChI=1S/C24H21Cl2NO4/c25-23-14-8-3-4-9-15(14)24(26,17-11-6-5-10-16(17)23)20-19(23)21(30)27(22(20)31)13-7-1-2-12-18(28)29/h3-6,8-11,19-20H,1-2,7,12-13H2,(H,28,29)/t19-,20+,23?,24?. The Bertz CT molecular complexity index is 993. The van der Waals surface area contributed by atoms with Crippen LogP contribution in [0.25, 0.3) is 0 Å². The number of amides is 2. The SMILES string of the molecule is O=C(O)CCCCCN1C(=O)[C@@H]2[C@H](C1=O)C1(Cl)c3ccccc3C2(Cl)c2ccccc21. The Kier molecular flexibility index (Phi) is 4.68. The second kappa shape index (κ2) is 7.07. The molecule has 7 heteroatoms. The van der Waals surface area contributed by atoms with Gasteiger partial charge < -0.3 is 5.11 Å². The van der Waals surface area contributed by atoms with Crippen LogP contribution < -0.4 is 0 Å². The number of hydrogen-bond donors (Lipinski definition) is 1. The van der Waals surface area contributed by atoms with Crippen molar-refractivity contribution in [2.45, 2.75) is 35.4 Å². The predicted octanol–water partition coefficient (Wildman–Crippen LogP) is 4.22. The first kappa shape index (κ1) is 20.5. The molecule has 1 aliphatic heterocycles. The van der Waals surface area contributed by atoms with Crippen molar-refractivity contribution in [1.29, 1.82) is 0 Å². The van der Waals surface area contributed by atoms with Gasteiger partial charge in [-0.15, -0.1) is 23.2 Å². The zero-order valence-corrected chi connectivity index (χ0v) is 18.2. The molecule has 1 fully saturated rings. The normalized spacial score (nSPS) is 30.2. The summed E-state index contributed by atoms with van der Waals surface area (Å²) in [6.45, 7) is 0.247. The maximum Gasteiger partial charge on any atom is 0.303 e. The third-order valence-electron chi connectivity index (χ3n) is 6.95. The van der Waals surface area contributed by atoms with Crippen LogP contribution in [0.1, 0.15) is 47.9 Å². The van der Waals surface area contributed by atoms with Gasteiger partial charge in [-0.05, 0) is 35.1 Å². The van der Waals surface area contributed by atoms with Gasteiger partial charge in [-0.25, -0.2) is 0 Å². The number of carboxylic acids is 1. The van der Waals surface area contributed by atoms with E-state index in [0.29, 0.717) is 19.3 Å². The molecule has 1 heterocycles. The Morgan fingerprint density at radius 2 is 1.23 bits per heavy atom. The van der Waals surface area contributed by atoms with Crippen molar-refractivity contribution >= 4 is 41.0 Å². The van der Waals surface area contributed by atoms with Gasteiger partial charge in [-0.1, -0.05) is 55.0 Å². The van der Waals surface area contributed by atoms with Crippen molar-refractivity contribution in [1.82, 2.24) is 4.90 Å². The molecule has 31 heavy (non-hydrogen) atoms. The van der Waals surface area contributed by atoms with Gasteiger partial charge in [0, 0.05) is 13.0 Å². The maximum atomic E-state index is 13.5. The summed E-state index contributed by atoms with van der Waals surface area (Å²) in [5.74, 6) is -2.99.